The standard InChI is InChI=1S/C7H6F2N2S/c1-10-12-11-5-2-3-6(8)7(9)4-5/h3-4H,1-2H2. The van der Waals surface area contributed by atoms with Gasteiger partial charge in [-0.3, -0.25) is 0 Å². The minimum absolute atomic E-state index is 0.293. The van der Waals surface area contributed by atoms with Crippen LogP contribution in [0.5, 0.6) is 0 Å². The summed E-state index contributed by atoms with van der Waals surface area (Å²) in [5.41, 5.74) is 0.450. The second kappa shape index (κ2) is 4.15. The van der Waals surface area contributed by atoms with Crippen LogP contribution in [0.2, 0.25) is 0 Å². The van der Waals surface area contributed by atoms with E-state index in [2.05, 4.69) is 15.5 Å². The van der Waals surface area contributed by atoms with E-state index in [4.69, 9.17) is 0 Å². The van der Waals surface area contributed by atoms with Gasteiger partial charge in [-0.05, 0) is 12.2 Å². The molecule has 0 heterocycles. The molecule has 5 heteroatoms. The quantitative estimate of drug-likeness (QED) is 0.483. The Labute approximate surface area is 73.1 Å². The third-order valence-corrected chi connectivity index (χ3v) is 1.66. The van der Waals surface area contributed by atoms with E-state index >= 15 is 0 Å². The molecule has 0 aromatic carbocycles. The monoisotopic (exact) mass is 188 g/mol. The lowest BCUT2D eigenvalue weighted by Crippen LogP contribution is -1.97. The molecule has 0 aromatic rings. The Bertz CT molecular complexity index is 281. The lowest BCUT2D eigenvalue weighted by atomic mass is 10.1. The van der Waals surface area contributed by atoms with Crippen LogP contribution in [-0.2, 0) is 0 Å². The first-order valence-electron chi connectivity index (χ1n) is 3.16. The van der Waals surface area contributed by atoms with E-state index < -0.39 is 11.7 Å². The molecule has 0 bridgehead atoms. The molecular weight excluding hydrogens is 182 g/mol. The number of hydrogen-bond acceptors (Lipinski definition) is 3. The minimum atomic E-state index is -0.885. The lowest BCUT2D eigenvalue weighted by Gasteiger charge is -2.02. The Morgan fingerprint density at radius 1 is 1.42 bits per heavy atom. The highest BCUT2D eigenvalue weighted by molar-refractivity contribution is 7.96. The average molecular weight is 188 g/mol. The number of halogens is 2. The molecule has 1 rings (SSSR count). The number of rotatable bonds is 2. The molecule has 12 heavy (non-hydrogen) atoms. The van der Waals surface area contributed by atoms with Crippen LogP contribution in [0.3, 0.4) is 0 Å². The fraction of sp³-hybridized carbons (Fsp3) is 0.143. The largest absolute Gasteiger partial charge is 0.210 e. The van der Waals surface area contributed by atoms with Crippen molar-refractivity contribution in [2.24, 2.45) is 8.80 Å². The highest BCUT2D eigenvalue weighted by Gasteiger charge is 2.10. The zero-order chi connectivity index (χ0) is 8.97. The van der Waals surface area contributed by atoms with E-state index in [1.165, 1.54) is 0 Å². The Balaban J connectivity index is 2.71. The second-order valence-electron chi connectivity index (χ2n) is 2.04. The van der Waals surface area contributed by atoms with Gasteiger partial charge >= 0.3 is 0 Å². The van der Waals surface area contributed by atoms with Gasteiger partial charge in [-0.2, -0.15) is 4.40 Å². The molecule has 0 amide bonds. The summed E-state index contributed by atoms with van der Waals surface area (Å²) < 4.78 is 32.1. The Morgan fingerprint density at radius 3 is 2.75 bits per heavy atom. The topological polar surface area (TPSA) is 24.7 Å². The van der Waals surface area contributed by atoms with Gasteiger partial charge in [-0.1, -0.05) is 0 Å². The number of nitrogens with zero attached hydrogens (tertiary/aromatic N) is 2. The highest BCUT2D eigenvalue weighted by atomic mass is 32.2. The smallest absolute Gasteiger partial charge is 0.160 e. The van der Waals surface area contributed by atoms with Gasteiger partial charge in [0.1, 0.15) is 12.1 Å². The van der Waals surface area contributed by atoms with Crippen molar-refractivity contribution in [2.45, 2.75) is 6.42 Å². The third kappa shape index (κ3) is 2.27. The molecule has 64 valence electrons. The zero-order valence-corrected chi connectivity index (χ0v) is 6.94. The van der Waals surface area contributed by atoms with Gasteiger partial charge in [0.15, 0.2) is 11.7 Å². The summed E-state index contributed by atoms with van der Waals surface area (Å²) in [5.74, 6) is -1.71. The Morgan fingerprint density at radius 2 is 2.17 bits per heavy atom. The van der Waals surface area contributed by atoms with Crippen molar-refractivity contribution in [1.29, 1.82) is 0 Å². The predicted octanol–water partition coefficient (Wildman–Crippen LogP) is 2.80. The first-order valence-corrected chi connectivity index (χ1v) is 3.89. The summed E-state index contributed by atoms with van der Waals surface area (Å²) in [6.45, 7) is 3.18. The van der Waals surface area contributed by atoms with E-state index in [1.54, 1.807) is 0 Å². The van der Waals surface area contributed by atoms with Crippen LogP contribution in [0.1, 0.15) is 6.42 Å². The predicted molar refractivity (Wildman–Crippen MR) is 47.6 cm³/mol. The maximum Gasteiger partial charge on any atom is 0.160 e. The first-order chi connectivity index (χ1) is 5.74. The van der Waals surface area contributed by atoms with Gasteiger partial charge < -0.3 is 0 Å². The fourth-order valence-corrected chi connectivity index (χ4v) is 1.00. The summed E-state index contributed by atoms with van der Waals surface area (Å²) in [4.78, 5) is 0. The van der Waals surface area contributed by atoms with Crippen molar-refractivity contribution in [1.82, 2.24) is 0 Å². The molecule has 0 N–H and O–H groups in total. The normalized spacial score (nSPS) is 20.3. The maximum absolute atomic E-state index is 12.5. The second-order valence-corrected chi connectivity index (χ2v) is 2.65. The molecule has 0 saturated carbocycles. The van der Waals surface area contributed by atoms with Crippen molar-refractivity contribution >= 4 is 24.6 Å². The zero-order valence-electron chi connectivity index (χ0n) is 6.13. The minimum Gasteiger partial charge on any atom is -0.210 e. The van der Waals surface area contributed by atoms with Crippen LogP contribution >= 0.6 is 12.1 Å². The van der Waals surface area contributed by atoms with E-state index in [0.29, 0.717) is 12.1 Å². The first kappa shape index (κ1) is 9.12. The molecule has 1 aliphatic rings. The van der Waals surface area contributed by atoms with Crippen LogP contribution in [0, 0.1) is 0 Å². The van der Waals surface area contributed by atoms with Crippen molar-refractivity contribution in [2.75, 3.05) is 0 Å². The van der Waals surface area contributed by atoms with Gasteiger partial charge in [-0.25, -0.2) is 13.2 Å². The SMILES string of the molecule is C=NSN=C1C=C(F)C(F)=CC1. The average Bonchev–Trinajstić information content (AvgIpc) is 2.07. The van der Waals surface area contributed by atoms with Crippen LogP contribution in [0.15, 0.2) is 32.6 Å². The van der Waals surface area contributed by atoms with Crippen molar-refractivity contribution in [3.63, 3.8) is 0 Å². The molecule has 2 nitrogen and oxygen atoms in total. The van der Waals surface area contributed by atoms with Crippen LogP contribution < -0.4 is 0 Å². The number of hydrogen-bond donors (Lipinski definition) is 0. The summed E-state index contributed by atoms with van der Waals surface area (Å²) in [5, 5.41) is 0. The summed E-state index contributed by atoms with van der Waals surface area (Å²) in [7, 11) is 0. The van der Waals surface area contributed by atoms with Gasteiger partial charge in [0.2, 0.25) is 0 Å². The molecule has 0 radical (unpaired) electrons. The van der Waals surface area contributed by atoms with Crippen molar-refractivity contribution < 1.29 is 8.78 Å². The van der Waals surface area contributed by atoms with Crippen molar-refractivity contribution in [3.8, 4) is 0 Å². The maximum atomic E-state index is 12.5. The molecule has 0 atom stereocenters. The lowest BCUT2D eigenvalue weighted by molar-refractivity contribution is 0.541. The summed E-state index contributed by atoms with van der Waals surface area (Å²) in [6.07, 6.45) is 2.48. The molecule has 0 spiro atoms. The van der Waals surface area contributed by atoms with Crippen LogP contribution in [-0.4, -0.2) is 12.4 Å². The molecule has 1 aliphatic carbocycles. The Kier molecular flexibility index (Phi) is 3.16. The molecular formula is C7H6F2N2S. The van der Waals surface area contributed by atoms with E-state index in [9.17, 15) is 8.78 Å². The van der Waals surface area contributed by atoms with E-state index in [-0.39, 0.29) is 0 Å². The Hall–Kier alpha value is -0.970. The summed E-state index contributed by atoms with van der Waals surface area (Å²) >= 11 is 0.857. The summed E-state index contributed by atoms with van der Waals surface area (Å²) in [6, 6.07) is 0. The van der Waals surface area contributed by atoms with Gasteiger partial charge in [0.05, 0.1) is 5.71 Å². The molecule has 0 fully saturated rings. The third-order valence-electron chi connectivity index (χ3n) is 1.23. The van der Waals surface area contributed by atoms with Gasteiger partial charge in [0, 0.05) is 13.1 Å². The van der Waals surface area contributed by atoms with Crippen LogP contribution in [0.25, 0.3) is 0 Å². The molecule has 0 aliphatic heterocycles. The molecule has 0 saturated heterocycles. The van der Waals surface area contributed by atoms with E-state index in [0.717, 1.165) is 24.3 Å². The number of allylic oxidation sites excluding steroid dienone is 4. The highest BCUT2D eigenvalue weighted by Crippen LogP contribution is 2.20. The van der Waals surface area contributed by atoms with Gasteiger partial charge in [-0.15, -0.1) is 0 Å². The van der Waals surface area contributed by atoms with Gasteiger partial charge in [0.25, 0.3) is 0 Å². The van der Waals surface area contributed by atoms with Crippen molar-refractivity contribution in [3.05, 3.63) is 23.8 Å². The van der Waals surface area contributed by atoms with E-state index in [1.807, 2.05) is 0 Å². The molecule has 0 unspecified atom stereocenters. The molecule has 0 aromatic heterocycles. The van der Waals surface area contributed by atoms with Crippen LogP contribution in [0.4, 0.5) is 8.78 Å². The fourth-order valence-electron chi connectivity index (χ4n) is 0.711.